The van der Waals surface area contributed by atoms with Gasteiger partial charge in [-0.15, -0.1) is 0 Å². The molecule has 24 heavy (non-hydrogen) atoms. The lowest BCUT2D eigenvalue weighted by molar-refractivity contribution is 0.131. The average Bonchev–Trinajstić information content (AvgIpc) is 2.54. The van der Waals surface area contributed by atoms with Gasteiger partial charge in [0.05, 0.1) is 6.10 Å². The van der Waals surface area contributed by atoms with Crippen molar-refractivity contribution in [2.24, 2.45) is 0 Å². The van der Waals surface area contributed by atoms with Crippen molar-refractivity contribution < 1.29 is 9.47 Å². The highest BCUT2D eigenvalue weighted by molar-refractivity contribution is 5.37. The van der Waals surface area contributed by atoms with Gasteiger partial charge >= 0.3 is 0 Å². The van der Waals surface area contributed by atoms with Crippen LogP contribution in [0.5, 0.6) is 11.5 Å². The van der Waals surface area contributed by atoms with E-state index in [1.807, 2.05) is 0 Å². The zero-order valence-electron chi connectivity index (χ0n) is 15.8. The molecule has 0 saturated carbocycles. The fraction of sp³-hybridized carbons (Fsp3) is 0.455. The normalized spacial score (nSPS) is 14.1. The summed E-state index contributed by atoms with van der Waals surface area (Å²) in [6, 6.07) is 16.8. The van der Waals surface area contributed by atoms with Crippen LogP contribution >= 0.6 is 0 Å². The van der Waals surface area contributed by atoms with Crippen molar-refractivity contribution in [2.75, 3.05) is 0 Å². The summed E-state index contributed by atoms with van der Waals surface area (Å²) in [5.41, 5.74) is 2.40. The molecule has 0 N–H and O–H groups in total. The molecule has 0 aliphatic heterocycles. The van der Waals surface area contributed by atoms with Crippen LogP contribution in [0.25, 0.3) is 0 Å². The van der Waals surface area contributed by atoms with Crippen molar-refractivity contribution in [3.63, 3.8) is 0 Å². The first kappa shape index (κ1) is 18.4. The molecule has 2 unspecified atom stereocenters. The number of rotatable bonds is 6. The van der Waals surface area contributed by atoms with Gasteiger partial charge in [0.1, 0.15) is 17.1 Å². The first-order chi connectivity index (χ1) is 11.3. The Kier molecular flexibility index (Phi) is 5.93. The van der Waals surface area contributed by atoms with Gasteiger partial charge in [0.15, 0.2) is 0 Å². The predicted molar refractivity (Wildman–Crippen MR) is 101 cm³/mol. The largest absolute Gasteiger partial charge is 0.491 e. The Balaban J connectivity index is 2.06. The Morgan fingerprint density at radius 1 is 0.792 bits per heavy atom. The van der Waals surface area contributed by atoms with Crippen molar-refractivity contribution in [1.29, 1.82) is 0 Å². The van der Waals surface area contributed by atoms with Gasteiger partial charge in [0.2, 0.25) is 0 Å². The lowest BCUT2D eigenvalue weighted by Crippen LogP contribution is -2.22. The van der Waals surface area contributed by atoms with E-state index in [2.05, 4.69) is 90.1 Å². The minimum atomic E-state index is -0.168. The van der Waals surface area contributed by atoms with Gasteiger partial charge in [-0.3, -0.25) is 0 Å². The fourth-order valence-corrected chi connectivity index (χ4v) is 2.52. The Morgan fingerprint density at radius 3 is 1.67 bits per heavy atom. The molecule has 0 heterocycles. The number of hydrogen-bond donors (Lipinski definition) is 0. The Hall–Kier alpha value is -1.96. The molecule has 2 nitrogen and oxygen atoms in total. The van der Waals surface area contributed by atoms with Crippen LogP contribution in [-0.2, 0) is 0 Å². The zero-order valence-corrected chi connectivity index (χ0v) is 15.8. The second kappa shape index (κ2) is 7.74. The second-order valence-electron chi connectivity index (χ2n) is 7.41. The molecule has 0 amide bonds. The average molecular weight is 326 g/mol. The van der Waals surface area contributed by atoms with Crippen molar-refractivity contribution >= 4 is 0 Å². The third kappa shape index (κ3) is 5.30. The monoisotopic (exact) mass is 326 g/mol. The van der Waals surface area contributed by atoms with E-state index >= 15 is 0 Å². The summed E-state index contributed by atoms with van der Waals surface area (Å²) >= 11 is 0. The minimum Gasteiger partial charge on any atom is -0.491 e. The summed E-state index contributed by atoms with van der Waals surface area (Å²) in [5.74, 6) is 2.19. The summed E-state index contributed by atoms with van der Waals surface area (Å²) < 4.78 is 11.7. The highest BCUT2D eigenvalue weighted by Gasteiger charge is 2.13. The molecule has 0 radical (unpaired) electrons. The third-order valence-corrected chi connectivity index (χ3v) is 4.10. The maximum Gasteiger partial charge on any atom is 0.120 e. The molecule has 0 aliphatic rings. The minimum absolute atomic E-state index is 0.168. The third-order valence-electron chi connectivity index (χ3n) is 4.10. The molecule has 0 fully saturated rings. The van der Waals surface area contributed by atoms with Crippen LogP contribution in [0.1, 0.15) is 65.0 Å². The first-order valence-corrected chi connectivity index (χ1v) is 8.84. The maximum absolute atomic E-state index is 5.89. The van der Waals surface area contributed by atoms with E-state index in [4.69, 9.17) is 9.47 Å². The highest BCUT2D eigenvalue weighted by Crippen LogP contribution is 2.28. The zero-order chi connectivity index (χ0) is 17.7. The molecule has 2 heteroatoms. The quantitative estimate of drug-likeness (QED) is 0.630. The molecule has 0 aliphatic carbocycles. The van der Waals surface area contributed by atoms with E-state index < -0.39 is 0 Å². The molecule has 0 spiro atoms. The van der Waals surface area contributed by atoms with Gasteiger partial charge in [0.25, 0.3) is 0 Å². The molecule has 0 saturated heterocycles. The van der Waals surface area contributed by atoms with E-state index in [1.54, 1.807) is 0 Å². The van der Waals surface area contributed by atoms with E-state index in [0.717, 1.165) is 17.9 Å². The molecule has 2 rings (SSSR count). The van der Waals surface area contributed by atoms with Crippen molar-refractivity contribution in [3.8, 4) is 11.5 Å². The lowest BCUT2D eigenvalue weighted by atomic mass is 9.93. The predicted octanol–water partition coefficient (Wildman–Crippen LogP) is 6.19. The van der Waals surface area contributed by atoms with Gasteiger partial charge in [-0.05, 0) is 69.5 Å². The second-order valence-corrected chi connectivity index (χ2v) is 7.41. The molecule has 2 aromatic carbocycles. The molecule has 2 aromatic rings. The van der Waals surface area contributed by atoms with E-state index in [-0.39, 0.29) is 11.7 Å². The summed E-state index contributed by atoms with van der Waals surface area (Å²) in [5, 5.41) is 0. The Bertz CT molecular complexity index is 621. The molecular formula is C22H30O2. The standard InChI is InChI=1S/C22H30O2/c1-7-16(2)23-20-12-8-18(9-13-20)17(3)19-10-14-21(15-11-19)24-22(4,5)6/h8-17H,7H2,1-6H3. The van der Waals surface area contributed by atoms with E-state index in [0.29, 0.717) is 5.92 Å². The van der Waals surface area contributed by atoms with Crippen LogP contribution in [0.4, 0.5) is 0 Å². The lowest BCUT2D eigenvalue weighted by Gasteiger charge is -2.22. The van der Waals surface area contributed by atoms with Gasteiger partial charge < -0.3 is 9.47 Å². The van der Waals surface area contributed by atoms with Crippen LogP contribution in [0.15, 0.2) is 48.5 Å². The summed E-state index contributed by atoms with van der Waals surface area (Å²) in [6.45, 7) is 12.6. The summed E-state index contributed by atoms with van der Waals surface area (Å²) in [7, 11) is 0. The van der Waals surface area contributed by atoms with Gasteiger partial charge in [-0.2, -0.15) is 0 Å². The van der Waals surface area contributed by atoms with Gasteiger partial charge in [-0.25, -0.2) is 0 Å². The number of ether oxygens (including phenoxy) is 2. The van der Waals surface area contributed by atoms with Crippen molar-refractivity contribution in [1.82, 2.24) is 0 Å². The summed E-state index contributed by atoms with van der Waals surface area (Å²) in [4.78, 5) is 0. The molecular weight excluding hydrogens is 296 g/mol. The SMILES string of the molecule is CCC(C)Oc1ccc(C(C)c2ccc(OC(C)(C)C)cc2)cc1. The summed E-state index contributed by atoms with van der Waals surface area (Å²) in [6.07, 6.45) is 1.27. The van der Waals surface area contributed by atoms with Crippen molar-refractivity contribution in [2.45, 2.75) is 65.6 Å². The first-order valence-electron chi connectivity index (χ1n) is 8.84. The molecule has 0 aromatic heterocycles. The van der Waals surface area contributed by atoms with E-state index in [9.17, 15) is 0 Å². The smallest absolute Gasteiger partial charge is 0.120 e. The molecule has 0 bridgehead atoms. The van der Waals surface area contributed by atoms with Crippen LogP contribution in [0, 0.1) is 0 Å². The van der Waals surface area contributed by atoms with Crippen LogP contribution in [0.2, 0.25) is 0 Å². The fourth-order valence-electron chi connectivity index (χ4n) is 2.52. The van der Waals surface area contributed by atoms with E-state index in [1.165, 1.54) is 11.1 Å². The molecule has 130 valence electrons. The Labute approximate surface area is 146 Å². The number of benzene rings is 2. The number of hydrogen-bond acceptors (Lipinski definition) is 2. The van der Waals surface area contributed by atoms with Crippen LogP contribution in [-0.4, -0.2) is 11.7 Å². The van der Waals surface area contributed by atoms with Gasteiger partial charge in [0, 0.05) is 5.92 Å². The van der Waals surface area contributed by atoms with Crippen LogP contribution < -0.4 is 9.47 Å². The Morgan fingerprint density at radius 2 is 1.25 bits per heavy atom. The topological polar surface area (TPSA) is 18.5 Å². The highest BCUT2D eigenvalue weighted by atomic mass is 16.5. The maximum atomic E-state index is 5.89. The van der Waals surface area contributed by atoms with Crippen molar-refractivity contribution in [3.05, 3.63) is 59.7 Å². The van der Waals surface area contributed by atoms with Crippen LogP contribution in [0.3, 0.4) is 0 Å². The molecule has 2 atom stereocenters. The van der Waals surface area contributed by atoms with Gasteiger partial charge in [-0.1, -0.05) is 38.1 Å².